The molecule has 0 spiro atoms. The van der Waals surface area contributed by atoms with Gasteiger partial charge in [-0.1, -0.05) is 23.7 Å². The molecule has 0 radical (unpaired) electrons. The molecule has 1 aliphatic heterocycles. The van der Waals surface area contributed by atoms with Crippen molar-refractivity contribution in [3.63, 3.8) is 0 Å². The van der Waals surface area contributed by atoms with Gasteiger partial charge in [0.25, 0.3) is 0 Å². The van der Waals surface area contributed by atoms with Crippen LogP contribution in [0.15, 0.2) is 24.3 Å². The maximum Gasteiger partial charge on any atom is 0.129 e. The Balaban J connectivity index is 1.80. The summed E-state index contributed by atoms with van der Waals surface area (Å²) in [5.41, 5.74) is 1.27. The van der Waals surface area contributed by atoms with Gasteiger partial charge in [0, 0.05) is 24.5 Å². The van der Waals surface area contributed by atoms with E-state index >= 15 is 0 Å². The Hall–Kier alpha value is -0.860. The second-order valence-electron chi connectivity index (χ2n) is 5.26. The molecule has 1 atom stereocenters. The van der Waals surface area contributed by atoms with Gasteiger partial charge in [-0.3, -0.25) is 4.90 Å². The molecule has 0 saturated carbocycles. The predicted molar refractivity (Wildman–Crippen MR) is 74.8 cm³/mol. The fraction of sp³-hybridized carbons (Fsp3) is 0.533. The number of carbonyl (C=O) groups excluding carboxylic acids is 1. The van der Waals surface area contributed by atoms with Gasteiger partial charge in [-0.2, -0.15) is 0 Å². The van der Waals surface area contributed by atoms with Crippen molar-refractivity contribution in [1.82, 2.24) is 4.90 Å². The minimum Gasteiger partial charge on any atom is -0.300 e. The molecule has 1 heterocycles. The lowest BCUT2D eigenvalue weighted by Crippen LogP contribution is -2.20. The van der Waals surface area contributed by atoms with Gasteiger partial charge in [-0.25, -0.2) is 0 Å². The number of carbonyl (C=O) groups is 1. The first-order valence-electron chi connectivity index (χ1n) is 6.60. The van der Waals surface area contributed by atoms with E-state index in [4.69, 9.17) is 11.6 Å². The van der Waals surface area contributed by atoms with Gasteiger partial charge in [0.15, 0.2) is 0 Å². The molecule has 98 valence electrons. The van der Waals surface area contributed by atoms with E-state index < -0.39 is 0 Å². The summed E-state index contributed by atoms with van der Waals surface area (Å²) in [6.45, 7) is 4.89. The minimum absolute atomic E-state index is 0.309. The minimum atomic E-state index is 0.309. The lowest BCUT2D eigenvalue weighted by Gasteiger charge is -2.16. The summed E-state index contributed by atoms with van der Waals surface area (Å²) in [6, 6.07) is 8.06. The summed E-state index contributed by atoms with van der Waals surface area (Å²) < 4.78 is 0. The lowest BCUT2D eigenvalue weighted by atomic mass is 10.0. The molecule has 1 aromatic carbocycles. The van der Waals surface area contributed by atoms with E-state index in [1.165, 1.54) is 12.0 Å². The van der Waals surface area contributed by atoms with Crippen LogP contribution >= 0.6 is 11.6 Å². The molecule has 0 aromatic heterocycles. The van der Waals surface area contributed by atoms with E-state index in [0.29, 0.717) is 11.7 Å². The van der Waals surface area contributed by atoms with Gasteiger partial charge >= 0.3 is 0 Å². The van der Waals surface area contributed by atoms with Crippen LogP contribution in [0.2, 0.25) is 5.02 Å². The van der Waals surface area contributed by atoms with E-state index in [9.17, 15) is 4.79 Å². The van der Waals surface area contributed by atoms with Gasteiger partial charge in [0.05, 0.1) is 0 Å². The highest BCUT2D eigenvalue weighted by molar-refractivity contribution is 6.30. The molecular formula is C15H20ClNO. The van der Waals surface area contributed by atoms with E-state index in [1.807, 2.05) is 18.2 Å². The van der Waals surface area contributed by atoms with Crippen LogP contribution in [0.3, 0.4) is 0 Å². The number of hydrogen-bond donors (Lipinski definition) is 0. The van der Waals surface area contributed by atoms with E-state index in [2.05, 4.69) is 11.0 Å². The topological polar surface area (TPSA) is 20.3 Å². The number of Topliss-reactive ketones (excluding diaryl/α,β-unsaturated/α-hetero) is 1. The summed E-state index contributed by atoms with van der Waals surface area (Å²) >= 11 is 5.99. The molecule has 0 aliphatic carbocycles. The fourth-order valence-corrected chi connectivity index (χ4v) is 2.81. The molecular weight excluding hydrogens is 246 g/mol. The number of hydrogen-bond acceptors (Lipinski definition) is 2. The molecule has 1 fully saturated rings. The molecule has 0 amide bonds. The highest BCUT2D eigenvalue weighted by atomic mass is 35.5. The monoisotopic (exact) mass is 265 g/mol. The zero-order chi connectivity index (χ0) is 13.0. The Morgan fingerprint density at radius 3 is 3.06 bits per heavy atom. The predicted octanol–water partition coefficient (Wildman–Crippen LogP) is 3.53. The number of benzene rings is 1. The van der Waals surface area contributed by atoms with E-state index in [0.717, 1.165) is 37.5 Å². The highest BCUT2D eigenvalue weighted by Crippen LogP contribution is 2.23. The van der Waals surface area contributed by atoms with Crippen LogP contribution in [0.4, 0.5) is 0 Å². The Kier molecular flexibility index (Phi) is 4.79. The molecule has 2 nitrogen and oxygen atoms in total. The molecule has 1 aromatic rings. The molecule has 3 heteroatoms. The standard InChI is InChI=1S/C15H20ClNO/c1-12(18)5-6-13-7-8-17(10-13)11-14-3-2-4-15(16)9-14/h2-4,9,13H,5-8,10-11H2,1H3. The molecule has 0 bridgehead atoms. The van der Waals surface area contributed by atoms with Gasteiger partial charge < -0.3 is 4.79 Å². The molecule has 2 rings (SSSR count). The van der Waals surface area contributed by atoms with Crippen LogP contribution in [0, 0.1) is 5.92 Å². The highest BCUT2D eigenvalue weighted by Gasteiger charge is 2.22. The SMILES string of the molecule is CC(=O)CCC1CCN(Cc2cccc(Cl)c2)C1. The Labute approximate surface area is 114 Å². The average molecular weight is 266 g/mol. The normalized spacial score (nSPS) is 20.2. The number of ketones is 1. The lowest BCUT2D eigenvalue weighted by molar-refractivity contribution is -0.117. The Bertz CT molecular complexity index is 419. The van der Waals surface area contributed by atoms with Gasteiger partial charge in [0.2, 0.25) is 0 Å². The first-order valence-corrected chi connectivity index (χ1v) is 6.97. The first kappa shape index (κ1) is 13.6. The van der Waals surface area contributed by atoms with Crippen molar-refractivity contribution in [2.75, 3.05) is 13.1 Å². The molecule has 18 heavy (non-hydrogen) atoms. The summed E-state index contributed by atoms with van der Waals surface area (Å²) in [6.07, 6.45) is 2.99. The zero-order valence-electron chi connectivity index (χ0n) is 10.9. The van der Waals surface area contributed by atoms with Crippen LogP contribution in [-0.4, -0.2) is 23.8 Å². The van der Waals surface area contributed by atoms with Gasteiger partial charge in [-0.15, -0.1) is 0 Å². The number of rotatable bonds is 5. The first-order chi connectivity index (χ1) is 8.63. The third-order valence-corrected chi connectivity index (χ3v) is 3.80. The van der Waals surface area contributed by atoms with Crippen molar-refractivity contribution >= 4 is 17.4 Å². The third kappa shape index (κ3) is 4.11. The van der Waals surface area contributed by atoms with Crippen LogP contribution < -0.4 is 0 Å². The summed E-state index contributed by atoms with van der Waals surface area (Å²) in [7, 11) is 0. The number of likely N-dealkylation sites (tertiary alicyclic amines) is 1. The van der Waals surface area contributed by atoms with Gasteiger partial charge in [0.1, 0.15) is 5.78 Å². The average Bonchev–Trinajstić information content (AvgIpc) is 2.74. The molecule has 1 aliphatic rings. The second-order valence-corrected chi connectivity index (χ2v) is 5.70. The number of nitrogens with zero attached hydrogens (tertiary/aromatic N) is 1. The zero-order valence-corrected chi connectivity index (χ0v) is 11.6. The quantitative estimate of drug-likeness (QED) is 0.812. The molecule has 1 unspecified atom stereocenters. The van der Waals surface area contributed by atoms with Crippen LogP contribution in [0.25, 0.3) is 0 Å². The van der Waals surface area contributed by atoms with Gasteiger partial charge in [-0.05, 0) is 49.9 Å². The van der Waals surface area contributed by atoms with Crippen molar-refractivity contribution in [3.8, 4) is 0 Å². The molecule has 0 N–H and O–H groups in total. The van der Waals surface area contributed by atoms with Crippen molar-refractivity contribution in [2.45, 2.75) is 32.7 Å². The Morgan fingerprint density at radius 2 is 2.33 bits per heavy atom. The van der Waals surface area contributed by atoms with E-state index in [-0.39, 0.29) is 0 Å². The summed E-state index contributed by atoms with van der Waals surface area (Å²) in [5.74, 6) is 0.997. The van der Waals surface area contributed by atoms with E-state index in [1.54, 1.807) is 6.92 Å². The van der Waals surface area contributed by atoms with Crippen LogP contribution in [0.1, 0.15) is 31.7 Å². The van der Waals surface area contributed by atoms with Crippen molar-refractivity contribution < 1.29 is 4.79 Å². The Morgan fingerprint density at radius 1 is 1.50 bits per heavy atom. The largest absolute Gasteiger partial charge is 0.300 e. The number of halogens is 1. The smallest absolute Gasteiger partial charge is 0.129 e. The molecule has 1 saturated heterocycles. The van der Waals surface area contributed by atoms with Crippen LogP contribution in [-0.2, 0) is 11.3 Å². The maximum absolute atomic E-state index is 11.0. The fourth-order valence-electron chi connectivity index (χ4n) is 2.59. The summed E-state index contributed by atoms with van der Waals surface area (Å²) in [4.78, 5) is 13.4. The maximum atomic E-state index is 11.0. The summed E-state index contributed by atoms with van der Waals surface area (Å²) in [5, 5.41) is 0.805. The second kappa shape index (κ2) is 6.35. The van der Waals surface area contributed by atoms with Crippen molar-refractivity contribution in [1.29, 1.82) is 0 Å². The third-order valence-electron chi connectivity index (χ3n) is 3.57. The van der Waals surface area contributed by atoms with Crippen molar-refractivity contribution in [3.05, 3.63) is 34.9 Å². The van der Waals surface area contributed by atoms with Crippen molar-refractivity contribution in [2.24, 2.45) is 5.92 Å². The van der Waals surface area contributed by atoms with Crippen LogP contribution in [0.5, 0.6) is 0 Å².